The van der Waals surface area contributed by atoms with Gasteiger partial charge in [0.15, 0.2) is 5.78 Å². The fourth-order valence-corrected chi connectivity index (χ4v) is 3.40. The molecule has 0 saturated carbocycles. The topological polar surface area (TPSA) is 74.8 Å². The van der Waals surface area contributed by atoms with Crippen LogP contribution in [0, 0.1) is 6.92 Å². The number of benzene rings is 1. The van der Waals surface area contributed by atoms with Gasteiger partial charge in [-0.3, -0.25) is 9.78 Å². The molecule has 1 fully saturated rings. The van der Waals surface area contributed by atoms with Gasteiger partial charge in [-0.05, 0) is 50.1 Å². The zero-order valence-electron chi connectivity index (χ0n) is 16.6. The van der Waals surface area contributed by atoms with Crippen LogP contribution >= 0.6 is 0 Å². The van der Waals surface area contributed by atoms with Crippen LogP contribution in [0.2, 0.25) is 0 Å². The van der Waals surface area contributed by atoms with Gasteiger partial charge in [-0.2, -0.15) is 0 Å². The first-order chi connectivity index (χ1) is 13.5. The number of carbonyl (C=O) groups excluding carboxylic acids is 2. The number of urea groups is 1. The number of ether oxygens (including phenoxy) is 1. The van der Waals surface area contributed by atoms with Crippen LogP contribution in [0.15, 0.2) is 36.7 Å². The van der Waals surface area contributed by atoms with E-state index in [1.165, 1.54) is 6.92 Å². The molecular weight excluding hydrogens is 356 g/mol. The first-order valence-corrected chi connectivity index (χ1v) is 9.40. The van der Waals surface area contributed by atoms with Gasteiger partial charge in [0.1, 0.15) is 5.75 Å². The van der Waals surface area contributed by atoms with E-state index in [-0.39, 0.29) is 11.8 Å². The highest BCUT2D eigenvalue weighted by molar-refractivity contribution is 5.98. The van der Waals surface area contributed by atoms with E-state index in [1.54, 1.807) is 36.4 Å². The summed E-state index contributed by atoms with van der Waals surface area (Å²) in [5, 5.41) is 2.90. The molecule has 0 unspecified atom stereocenters. The number of pyridine rings is 1. The molecule has 1 saturated heterocycles. The van der Waals surface area contributed by atoms with Crippen molar-refractivity contribution in [2.24, 2.45) is 0 Å². The van der Waals surface area contributed by atoms with E-state index in [2.05, 4.69) is 15.2 Å². The number of hydrogen-bond acceptors (Lipinski definition) is 5. The molecular formula is C21H26N4O3. The zero-order chi connectivity index (χ0) is 20.1. The monoisotopic (exact) mass is 382 g/mol. The molecule has 1 aliphatic rings. The summed E-state index contributed by atoms with van der Waals surface area (Å²) in [5.74, 6) is 0.471. The van der Waals surface area contributed by atoms with E-state index in [9.17, 15) is 9.59 Å². The Kier molecular flexibility index (Phi) is 6.13. The predicted octanol–water partition coefficient (Wildman–Crippen LogP) is 3.35. The van der Waals surface area contributed by atoms with Gasteiger partial charge >= 0.3 is 6.03 Å². The van der Waals surface area contributed by atoms with E-state index < -0.39 is 0 Å². The summed E-state index contributed by atoms with van der Waals surface area (Å²) in [6.45, 7) is 6.47. The summed E-state index contributed by atoms with van der Waals surface area (Å²) in [6.07, 6.45) is 4.53. The van der Waals surface area contributed by atoms with Crippen LogP contribution in [-0.2, 0) is 0 Å². The maximum Gasteiger partial charge on any atom is 0.322 e. The molecule has 1 aromatic carbocycles. The van der Waals surface area contributed by atoms with Gasteiger partial charge in [-0.25, -0.2) is 4.79 Å². The molecule has 1 aliphatic heterocycles. The molecule has 3 rings (SSSR count). The highest BCUT2D eigenvalue weighted by Crippen LogP contribution is 2.26. The number of rotatable bonds is 4. The van der Waals surface area contributed by atoms with Gasteiger partial charge in [0.25, 0.3) is 0 Å². The fourth-order valence-electron chi connectivity index (χ4n) is 3.40. The summed E-state index contributed by atoms with van der Waals surface area (Å²) in [7, 11) is 1.54. The van der Waals surface area contributed by atoms with Crippen molar-refractivity contribution in [3.63, 3.8) is 0 Å². The Morgan fingerprint density at radius 2 is 1.96 bits per heavy atom. The van der Waals surface area contributed by atoms with Gasteiger partial charge in [-0.15, -0.1) is 0 Å². The zero-order valence-corrected chi connectivity index (χ0v) is 16.6. The number of aryl methyl sites for hydroxylation is 1. The Hall–Kier alpha value is -3.09. The Morgan fingerprint density at radius 1 is 1.14 bits per heavy atom. The summed E-state index contributed by atoms with van der Waals surface area (Å²) < 4.78 is 5.32. The number of ketones is 1. The van der Waals surface area contributed by atoms with Crippen molar-refractivity contribution in [2.75, 3.05) is 43.5 Å². The van der Waals surface area contributed by atoms with Crippen LogP contribution in [0.1, 0.15) is 29.3 Å². The van der Waals surface area contributed by atoms with Crippen molar-refractivity contribution in [2.45, 2.75) is 20.3 Å². The Bertz CT molecular complexity index is 868. The van der Waals surface area contributed by atoms with Crippen LogP contribution in [0.5, 0.6) is 5.75 Å². The van der Waals surface area contributed by atoms with E-state index in [0.29, 0.717) is 30.1 Å². The van der Waals surface area contributed by atoms with E-state index in [1.807, 2.05) is 19.2 Å². The van der Waals surface area contributed by atoms with Crippen molar-refractivity contribution in [3.8, 4) is 5.75 Å². The number of methoxy groups -OCH3 is 1. The lowest BCUT2D eigenvalue weighted by molar-refractivity contribution is 0.101. The molecule has 1 aromatic heterocycles. The average molecular weight is 382 g/mol. The lowest BCUT2D eigenvalue weighted by Crippen LogP contribution is -2.38. The Morgan fingerprint density at radius 3 is 2.68 bits per heavy atom. The lowest BCUT2D eigenvalue weighted by atomic mass is 10.1. The van der Waals surface area contributed by atoms with Gasteiger partial charge in [0.2, 0.25) is 0 Å². The average Bonchev–Trinajstić information content (AvgIpc) is 2.94. The van der Waals surface area contributed by atoms with Crippen LogP contribution < -0.4 is 15.0 Å². The number of amides is 2. The molecule has 28 heavy (non-hydrogen) atoms. The lowest BCUT2D eigenvalue weighted by Gasteiger charge is -2.25. The number of nitrogens with one attached hydrogen (secondary N) is 1. The normalized spacial score (nSPS) is 14.4. The SMILES string of the molecule is COc1ccc(C(C)=O)cc1NC(=O)N1CCCN(c2ccncc2C)CC1. The molecule has 0 atom stereocenters. The third-order valence-electron chi connectivity index (χ3n) is 4.96. The Balaban J connectivity index is 1.70. The first kappa shape index (κ1) is 19.7. The maximum atomic E-state index is 12.8. The highest BCUT2D eigenvalue weighted by Gasteiger charge is 2.21. The first-order valence-electron chi connectivity index (χ1n) is 9.40. The summed E-state index contributed by atoms with van der Waals surface area (Å²) in [6, 6.07) is 6.87. The van der Waals surface area contributed by atoms with Crippen LogP contribution in [0.4, 0.5) is 16.2 Å². The minimum Gasteiger partial charge on any atom is -0.495 e. The van der Waals surface area contributed by atoms with E-state index >= 15 is 0 Å². The molecule has 7 nitrogen and oxygen atoms in total. The summed E-state index contributed by atoms with van der Waals surface area (Å²) in [5.41, 5.74) is 3.33. The van der Waals surface area contributed by atoms with Crippen molar-refractivity contribution in [1.82, 2.24) is 9.88 Å². The van der Waals surface area contributed by atoms with E-state index in [0.717, 1.165) is 30.8 Å². The van der Waals surface area contributed by atoms with Gasteiger partial charge in [0, 0.05) is 49.8 Å². The second-order valence-electron chi connectivity index (χ2n) is 6.89. The molecule has 0 radical (unpaired) electrons. The minimum atomic E-state index is -0.188. The third-order valence-corrected chi connectivity index (χ3v) is 4.96. The van der Waals surface area contributed by atoms with Crippen molar-refractivity contribution in [1.29, 1.82) is 0 Å². The Labute approximate surface area is 165 Å². The smallest absolute Gasteiger partial charge is 0.322 e. The van der Waals surface area contributed by atoms with Crippen molar-refractivity contribution in [3.05, 3.63) is 47.8 Å². The second-order valence-corrected chi connectivity index (χ2v) is 6.89. The fraction of sp³-hybridized carbons (Fsp3) is 0.381. The number of carbonyl (C=O) groups is 2. The highest BCUT2D eigenvalue weighted by atomic mass is 16.5. The molecule has 2 heterocycles. The third kappa shape index (κ3) is 4.42. The van der Waals surface area contributed by atoms with E-state index in [4.69, 9.17) is 4.74 Å². The van der Waals surface area contributed by atoms with Crippen LogP contribution in [0.3, 0.4) is 0 Å². The van der Waals surface area contributed by atoms with Crippen LogP contribution in [-0.4, -0.2) is 55.0 Å². The predicted molar refractivity (Wildman–Crippen MR) is 109 cm³/mol. The van der Waals surface area contributed by atoms with Crippen molar-refractivity contribution >= 4 is 23.2 Å². The van der Waals surface area contributed by atoms with Gasteiger partial charge in [0.05, 0.1) is 12.8 Å². The molecule has 2 amide bonds. The maximum absolute atomic E-state index is 12.8. The molecule has 148 valence electrons. The van der Waals surface area contributed by atoms with Gasteiger partial charge < -0.3 is 19.9 Å². The summed E-state index contributed by atoms with van der Waals surface area (Å²) >= 11 is 0. The number of hydrogen-bond donors (Lipinski definition) is 1. The number of aromatic nitrogens is 1. The van der Waals surface area contributed by atoms with Crippen molar-refractivity contribution < 1.29 is 14.3 Å². The van der Waals surface area contributed by atoms with Crippen LogP contribution in [0.25, 0.3) is 0 Å². The molecule has 7 heteroatoms. The second kappa shape index (κ2) is 8.73. The largest absolute Gasteiger partial charge is 0.495 e. The standard InChI is InChI=1S/C21H26N4O3/c1-15-14-22-8-7-19(15)24-9-4-10-25(12-11-24)21(27)23-18-13-17(16(2)26)5-6-20(18)28-3/h5-8,13-14H,4,9-12H2,1-3H3,(H,23,27). The minimum absolute atomic E-state index is 0.0590. The van der Waals surface area contributed by atoms with Gasteiger partial charge in [-0.1, -0.05) is 0 Å². The number of nitrogens with zero attached hydrogens (tertiary/aromatic N) is 3. The molecule has 0 spiro atoms. The molecule has 1 N–H and O–H groups in total. The number of anilines is 2. The number of Topliss-reactive ketones (excluding diaryl/α,β-unsaturated/α-hetero) is 1. The molecule has 0 aliphatic carbocycles. The quantitative estimate of drug-likeness (QED) is 0.821. The summed E-state index contributed by atoms with van der Waals surface area (Å²) in [4.78, 5) is 32.7. The molecule has 2 aromatic rings. The molecule has 0 bridgehead atoms.